The third-order valence-electron chi connectivity index (χ3n) is 3.06. The minimum Gasteiger partial charge on any atom is -0.241 e. The summed E-state index contributed by atoms with van der Waals surface area (Å²) in [6, 6.07) is 11.4. The molecule has 0 saturated heterocycles. The van der Waals surface area contributed by atoms with Crippen molar-refractivity contribution in [2.75, 3.05) is 0 Å². The summed E-state index contributed by atoms with van der Waals surface area (Å²) in [5, 5.41) is 2.74. The van der Waals surface area contributed by atoms with Crippen LogP contribution in [0.4, 0.5) is 8.78 Å². The number of rotatable bonds is 3. The molecule has 0 N–H and O–H groups in total. The average molecular weight is 366 g/mol. The Labute approximate surface area is 133 Å². The molecule has 1 heterocycles. The summed E-state index contributed by atoms with van der Waals surface area (Å²) in [6.07, 6.45) is 0.362. The smallest absolute Gasteiger partial charge is 0.129 e. The van der Waals surface area contributed by atoms with Crippen molar-refractivity contribution in [1.82, 2.24) is 4.98 Å². The molecule has 3 rings (SSSR count). The predicted molar refractivity (Wildman–Crippen MR) is 84.4 cm³/mol. The molecule has 5 heteroatoms. The van der Waals surface area contributed by atoms with Crippen molar-refractivity contribution in [3.05, 3.63) is 74.5 Å². The van der Waals surface area contributed by atoms with Crippen LogP contribution in [0.25, 0.3) is 11.3 Å². The third kappa shape index (κ3) is 3.19. The highest BCUT2D eigenvalue weighted by atomic mass is 79.9. The number of halogens is 3. The van der Waals surface area contributed by atoms with E-state index in [4.69, 9.17) is 0 Å². The van der Waals surface area contributed by atoms with E-state index in [1.54, 1.807) is 0 Å². The molecule has 0 bridgehead atoms. The second kappa shape index (κ2) is 6.03. The highest BCUT2D eigenvalue weighted by Crippen LogP contribution is 2.29. The van der Waals surface area contributed by atoms with Gasteiger partial charge < -0.3 is 0 Å². The summed E-state index contributed by atoms with van der Waals surface area (Å²) in [7, 11) is 0. The van der Waals surface area contributed by atoms with E-state index < -0.39 is 11.6 Å². The van der Waals surface area contributed by atoms with Crippen LogP contribution in [0.1, 0.15) is 10.6 Å². The van der Waals surface area contributed by atoms with E-state index in [1.807, 2.05) is 29.6 Å². The zero-order chi connectivity index (χ0) is 14.8. The summed E-state index contributed by atoms with van der Waals surface area (Å²) in [6.45, 7) is 0. The van der Waals surface area contributed by atoms with Crippen molar-refractivity contribution in [3.8, 4) is 11.3 Å². The Morgan fingerprint density at radius 2 is 1.90 bits per heavy atom. The van der Waals surface area contributed by atoms with Crippen molar-refractivity contribution in [2.24, 2.45) is 0 Å². The Hall–Kier alpha value is -1.59. The van der Waals surface area contributed by atoms with Gasteiger partial charge in [0.05, 0.1) is 10.7 Å². The maximum Gasteiger partial charge on any atom is 0.129 e. The van der Waals surface area contributed by atoms with E-state index in [1.165, 1.54) is 23.5 Å². The highest BCUT2D eigenvalue weighted by Gasteiger charge is 2.10. The lowest BCUT2D eigenvalue weighted by Gasteiger charge is -2.01. The SMILES string of the molecule is Fc1ccc(Cc2nc(-c3ccccc3Br)cs2)c(F)c1. The van der Waals surface area contributed by atoms with Crippen LogP contribution in [0.3, 0.4) is 0 Å². The molecule has 1 aromatic heterocycles. The van der Waals surface area contributed by atoms with Crippen LogP contribution in [0.5, 0.6) is 0 Å². The van der Waals surface area contributed by atoms with Gasteiger partial charge >= 0.3 is 0 Å². The minimum absolute atomic E-state index is 0.362. The number of aromatic nitrogens is 1. The molecule has 0 radical (unpaired) electrons. The Morgan fingerprint density at radius 3 is 2.67 bits per heavy atom. The lowest BCUT2D eigenvalue weighted by atomic mass is 10.1. The molecule has 0 atom stereocenters. The fraction of sp³-hybridized carbons (Fsp3) is 0.0625. The Bertz CT molecular complexity index is 785. The molecule has 1 nitrogen and oxygen atoms in total. The second-order valence-electron chi connectivity index (χ2n) is 4.52. The Morgan fingerprint density at radius 1 is 1.10 bits per heavy atom. The maximum absolute atomic E-state index is 13.7. The van der Waals surface area contributed by atoms with Gasteiger partial charge in [0.25, 0.3) is 0 Å². The van der Waals surface area contributed by atoms with E-state index in [0.29, 0.717) is 12.0 Å². The molecule has 0 aliphatic carbocycles. The van der Waals surface area contributed by atoms with Crippen LogP contribution in [0.15, 0.2) is 52.3 Å². The molecular formula is C16H10BrF2NS. The van der Waals surface area contributed by atoms with Gasteiger partial charge in [0, 0.05) is 27.9 Å². The van der Waals surface area contributed by atoms with E-state index in [0.717, 1.165) is 26.8 Å². The number of thiazole rings is 1. The topological polar surface area (TPSA) is 12.9 Å². The first-order valence-corrected chi connectivity index (χ1v) is 7.94. The van der Waals surface area contributed by atoms with Gasteiger partial charge in [-0.05, 0) is 17.7 Å². The lowest BCUT2D eigenvalue weighted by molar-refractivity contribution is 0.574. The molecule has 0 aliphatic rings. The highest BCUT2D eigenvalue weighted by molar-refractivity contribution is 9.10. The fourth-order valence-corrected chi connectivity index (χ4v) is 3.32. The van der Waals surface area contributed by atoms with Crippen molar-refractivity contribution in [3.63, 3.8) is 0 Å². The monoisotopic (exact) mass is 365 g/mol. The van der Waals surface area contributed by atoms with Crippen LogP contribution < -0.4 is 0 Å². The van der Waals surface area contributed by atoms with Gasteiger partial charge in [-0.2, -0.15) is 0 Å². The fourth-order valence-electron chi connectivity index (χ4n) is 2.01. The van der Waals surface area contributed by atoms with Gasteiger partial charge in [-0.3, -0.25) is 0 Å². The molecule has 0 saturated carbocycles. The van der Waals surface area contributed by atoms with Gasteiger partial charge in [0.15, 0.2) is 0 Å². The average Bonchev–Trinajstić information content (AvgIpc) is 2.91. The number of hydrogen-bond donors (Lipinski definition) is 0. The molecule has 0 fully saturated rings. The first-order chi connectivity index (χ1) is 10.1. The van der Waals surface area contributed by atoms with Crippen molar-refractivity contribution in [1.29, 1.82) is 0 Å². The van der Waals surface area contributed by atoms with Gasteiger partial charge in [0.1, 0.15) is 11.6 Å². The molecule has 2 aromatic carbocycles. The standard InChI is InChI=1S/C16H10BrF2NS/c17-13-4-2-1-3-12(13)15-9-21-16(20-15)7-10-5-6-11(18)8-14(10)19/h1-6,8-9H,7H2. The van der Waals surface area contributed by atoms with Crippen molar-refractivity contribution in [2.45, 2.75) is 6.42 Å². The molecule has 0 unspecified atom stereocenters. The summed E-state index contributed by atoms with van der Waals surface area (Å²) >= 11 is 4.96. The van der Waals surface area contributed by atoms with E-state index in [2.05, 4.69) is 20.9 Å². The zero-order valence-electron chi connectivity index (χ0n) is 10.8. The molecule has 106 valence electrons. The third-order valence-corrected chi connectivity index (χ3v) is 4.60. The summed E-state index contributed by atoms with van der Waals surface area (Å²) in [4.78, 5) is 4.53. The quantitative estimate of drug-likeness (QED) is 0.601. The maximum atomic E-state index is 13.7. The summed E-state index contributed by atoms with van der Waals surface area (Å²) in [5.74, 6) is -1.10. The number of nitrogens with zero attached hydrogens (tertiary/aromatic N) is 1. The van der Waals surface area contributed by atoms with Gasteiger partial charge in [-0.25, -0.2) is 13.8 Å². The molecular weight excluding hydrogens is 356 g/mol. The number of benzene rings is 2. The Kier molecular flexibility index (Phi) is 4.12. The summed E-state index contributed by atoms with van der Waals surface area (Å²) in [5.41, 5.74) is 2.30. The van der Waals surface area contributed by atoms with E-state index in [-0.39, 0.29) is 0 Å². The molecule has 0 spiro atoms. The van der Waals surface area contributed by atoms with E-state index in [9.17, 15) is 8.78 Å². The summed E-state index contributed by atoms with van der Waals surface area (Å²) < 4.78 is 27.5. The van der Waals surface area contributed by atoms with Gasteiger partial charge in [-0.15, -0.1) is 11.3 Å². The number of hydrogen-bond acceptors (Lipinski definition) is 2. The molecule has 0 amide bonds. The van der Waals surface area contributed by atoms with Crippen LogP contribution in [0.2, 0.25) is 0 Å². The largest absolute Gasteiger partial charge is 0.241 e. The first-order valence-electron chi connectivity index (χ1n) is 6.27. The zero-order valence-corrected chi connectivity index (χ0v) is 13.2. The van der Waals surface area contributed by atoms with Gasteiger partial charge in [0.2, 0.25) is 0 Å². The van der Waals surface area contributed by atoms with Gasteiger partial charge in [-0.1, -0.05) is 40.2 Å². The first kappa shape index (κ1) is 14.4. The minimum atomic E-state index is -0.565. The van der Waals surface area contributed by atoms with Crippen LogP contribution in [-0.2, 0) is 6.42 Å². The molecule has 21 heavy (non-hydrogen) atoms. The van der Waals surface area contributed by atoms with Crippen LogP contribution in [0, 0.1) is 11.6 Å². The Balaban J connectivity index is 1.87. The van der Waals surface area contributed by atoms with Crippen molar-refractivity contribution < 1.29 is 8.78 Å². The van der Waals surface area contributed by atoms with Crippen LogP contribution in [-0.4, -0.2) is 4.98 Å². The lowest BCUT2D eigenvalue weighted by Crippen LogP contribution is -1.93. The second-order valence-corrected chi connectivity index (χ2v) is 6.32. The van der Waals surface area contributed by atoms with Crippen molar-refractivity contribution >= 4 is 27.3 Å². The normalized spacial score (nSPS) is 10.8. The predicted octanol–water partition coefficient (Wildman–Crippen LogP) is 5.44. The molecule has 3 aromatic rings. The van der Waals surface area contributed by atoms with E-state index >= 15 is 0 Å². The molecule has 0 aliphatic heterocycles. The van der Waals surface area contributed by atoms with Crippen LogP contribution >= 0.6 is 27.3 Å².